The Balaban J connectivity index is 1.92. The molecule has 1 aromatic rings. The molecule has 2 rings (SSSR count). The third-order valence-corrected chi connectivity index (χ3v) is 5.11. The fourth-order valence-corrected chi connectivity index (χ4v) is 3.84. The summed E-state index contributed by atoms with van der Waals surface area (Å²) in [5.74, 6) is 0.754. The van der Waals surface area contributed by atoms with Crippen LogP contribution < -0.4 is 0 Å². The van der Waals surface area contributed by atoms with Crippen LogP contribution in [0.15, 0.2) is 18.2 Å². The van der Waals surface area contributed by atoms with Gasteiger partial charge < -0.3 is 0 Å². The molecule has 0 amide bonds. The van der Waals surface area contributed by atoms with Crippen LogP contribution in [-0.4, -0.2) is 5.78 Å². The smallest absolute Gasteiger partial charge is 0.136 e. The van der Waals surface area contributed by atoms with E-state index in [1.807, 2.05) is 18.2 Å². The highest BCUT2D eigenvalue weighted by atomic mass is 127. The highest BCUT2D eigenvalue weighted by Gasteiger charge is 2.21. The minimum atomic E-state index is 0.318. The van der Waals surface area contributed by atoms with Gasteiger partial charge in [-0.1, -0.05) is 36.9 Å². The predicted molar refractivity (Wildman–Crippen MR) is 84.1 cm³/mol. The number of benzene rings is 1. The molecule has 1 aromatic carbocycles. The van der Waals surface area contributed by atoms with Crippen molar-refractivity contribution in [3.05, 3.63) is 32.4 Å². The molecular formula is C15H18ClIO. The third-order valence-electron chi connectivity index (χ3n) is 3.74. The van der Waals surface area contributed by atoms with E-state index in [1.165, 1.54) is 19.3 Å². The Morgan fingerprint density at radius 2 is 2.00 bits per heavy atom. The molecule has 98 valence electrons. The van der Waals surface area contributed by atoms with E-state index in [0.29, 0.717) is 18.1 Å². The molecule has 18 heavy (non-hydrogen) atoms. The van der Waals surface area contributed by atoms with Crippen molar-refractivity contribution in [2.75, 3.05) is 0 Å². The van der Waals surface area contributed by atoms with Crippen molar-refractivity contribution in [1.29, 1.82) is 0 Å². The van der Waals surface area contributed by atoms with Crippen molar-refractivity contribution >= 4 is 40.0 Å². The van der Waals surface area contributed by atoms with Gasteiger partial charge in [-0.25, -0.2) is 0 Å². The summed E-state index contributed by atoms with van der Waals surface area (Å²) in [6.45, 7) is 0. The van der Waals surface area contributed by atoms with Crippen LogP contribution in [0.25, 0.3) is 0 Å². The minimum absolute atomic E-state index is 0.318. The molecule has 0 bridgehead atoms. The lowest BCUT2D eigenvalue weighted by Gasteiger charge is -2.20. The van der Waals surface area contributed by atoms with Crippen LogP contribution in [0.1, 0.15) is 44.1 Å². The summed E-state index contributed by atoms with van der Waals surface area (Å²) in [6.07, 6.45) is 7.36. The van der Waals surface area contributed by atoms with Crippen molar-refractivity contribution in [1.82, 2.24) is 0 Å². The molecule has 1 fully saturated rings. The maximum atomic E-state index is 12.1. The van der Waals surface area contributed by atoms with Gasteiger partial charge in [0.2, 0.25) is 0 Å². The zero-order valence-corrected chi connectivity index (χ0v) is 13.3. The maximum Gasteiger partial charge on any atom is 0.136 e. The molecule has 1 saturated carbocycles. The number of hydrogen-bond donors (Lipinski definition) is 0. The van der Waals surface area contributed by atoms with E-state index in [4.69, 9.17) is 11.6 Å². The molecule has 0 radical (unpaired) electrons. The van der Waals surface area contributed by atoms with Crippen LogP contribution in [-0.2, 0) is 11.2 Å². The molecule has 3 heteroatoms. The van der Waals surface area contributed by atoms with Crippen LogP contribution in [0.3, 0.4) is 0 Å². The molecule has 0 atom stereocenters. The maximum absolute atomic E-state index is 12.1. The Bertz CT molecular complexity index is 404. The molecule has 0 saturated heterocycles. The number of ketones is 1. The second-order valence-corrected chi connectivity index (χ2v) is 6.57. The lowest BCUT2D eigenvalue weighted by Crippen LogP contribution is -2.18. The first-order valence-electron chi connectivity index (χ1n) is 6.64. The van der Waals surface area contributed by atoms with Gasteiger partial charge in [0, 0.05) is 20.9 Å². The average Bonchev–Trinajstić information content (AvgIpc) is 2.39. The summed E-state index contributed by atoms with van der Waals surface area (Å²) < 4.78 is 1.16. The number of hydrogen-bond acceptors (Lipinski definition) is 1. The van der Waals surface area contributed by atoms with Crippen molar-refractivity contribution in [2.24, 2.45) is 5.92 Å². The summed E-state index contributed by atoms with van der Waals surface area (Å²) in [6, 6.07) is 5.91. The minimum Gasteiger partial charge on any atom is -0.299 e. The lowest BCUT2D eigenvalue weighted by atomic mass is 9.84. The number of Topliss-reactive ketones (excluding diaryl/α,β-unsaturated/α-hetero) is 1. The molecular weight excluding hydrogens is 359 g/mol. The number of carbonyl (C=O) groups excluding carboxylic acids is 1. The fraction of sp³-hybridized carbons (Fsp3) is 0.533. The monoisotopic (exact) mass is 376 g/mol. The van der Waals surface area contributed by atoms with Crippen molar-refractivity contribution in [2.45, 2.75) is 44.9 Å². The van der Waals surface area contributed by atoms with Gasteiger partial charge in [-0.05, 0) is 59.5 Å². The summed E-state index contributed by atoms with van der Waals surface area (Å²) in [4.78, 5) is 12.1. The summed E-state index contributed by atoms with van der Waals surface area (Å²) in [5.41, 5.74) is 1.13. The third kappa shape index (κ3) is 3.70. The van der Waals surface area contributed by atoms with Gasteiger partial charge in [0.25, 0.3) is 0 Å². The van der Waals surface area contributed by atoms with Crippen LogP contribution in [0.5, 0.6) is 0 Å². The SMILES string of the molecule is O=C(CCc1c(Cl)cccc1I)C1CCCCC1. The summed E-state index contributed by atoms with van der Waals surface area (Å²) in [7, 11) is 0. The van der Waals surface area contributed by atoms with Gasteiger partial charge in [-0.3, -0.25) is 4.79 Å². The van der Waals surface area contributed by atoms with Crippen LogP contribution in [0, 0.1) is 9.49 Å². The zero-order valence-electron chi connectivity index (χ0n) is 10.4. The molecule has 0 spiro atoms. The molecule has 0 unspecified atom stereocenters. The van der Waals surface area contributed by atoms with Gasteiger partial charge in [-0.15, -0.1) is 0 Å². The Morgan fingerprint density at radius 3 is 2.67 bits per heavy atom. The van der Waals surface area contributed by atoms with E-state index < -0.39 is 0 Å². The normalized spacial score (nSPS) is 16.8. The second-order valence-electron chi connectivity index (χ2n) is 5.00. The fourth-order valence-electron chi connectivity index (χ4n) is 2.65. The lowest BCUT2D eigenvalue weighted by molar-refractivity contribution is -0.123. The van der Waals surface area contributed by atoms with E-state index in [9.17, 15) is 4.79 Å². The number of carbonyl (C=O) groups is 1. The Labute approximate surface area is 127 Å². The predicted octanol–water partition coefficient (Wildman–Crippen LogP) is 5.03. The van der Waals surface area contributed by atoms with Gasteiger partial charge in [0.1, 0.15) is 5.78 Å². The summed E-state index contributed by atoms with van der Waals surface area (Å²) >= 11 is 8.47. The first kappa shape index (κ1) is 14.3. The highest BCUT2D eigenvalue weighted by molar-refractivity contribution is 14.1. The van der Waals surface area contributed by atoms with E-state index >= 15 is 0 Å². The Morgan fingerprint density at radius 1 is 1.28 bits per heavy atom. The van der Waals surface area contributed by atoms with Gasteiger partial charge >= 0.3 is 0 Å². The second kappa shape index (κ2) is 6.90. The zero-order chi connectivity index (χ0) is 13.0. The van der Waals surface area contributed by atoms with Gasteiger partial charge in [0.15, 0.2) is 0 Å². The van der Waals surface area contributed by atoms with E-state index in [-0.39, 0.29) is 0 Å². The molecule has 1 nitrogen and oxygen atoms in total. The molecule has 1 aliphatic rings. The van der Waals surface area contributed by atoms with Crippen molar-refractivity contribution in [3.63, 3.8) is 0 Å². The quantitative estimate of drug-likeness (QED) is 0.674. The van der Waals surface area contributed by atoms with E-state index in [1.54, 1.807) is 0 Å². The van der Waals surface area contributed by atoms with E-state index in [0.717, 1.165) is 33.4 Å². The van der Waals surface area contributed by atoms with Crippen LogP contribution in [0.4, 0.5) is 0 Å². The topological polar surface area (TPSA) is 17.1 Å². The molecule has 0 N–H and O–H groups in total. The number of halogens is 2. The Hall–Kier alpha value is -0.0900. The molecule has 0 aromatic heterocycles. The molecule has 0 aliphatic heterocycles. The standard InChI is InChI=1S/C15H18ClIO/c16-13-7-4-8-14(17)12(13)9-10-15(18)11-5-2-1-3-6-11/h4,7-8,11H,1-3,5-6,9-10H2. The van der Waals surface area contributed by atoms with Gasteiger partial charge in [-0.2, -0.15) is 0 Å². The first-order valence-corrected chi connectivity index (χ1v) is 8.10. The molecule has 1 aliphatic carbocycles. The van der Waals surface area contributed by atoms with Gasteiger partial charge in [0.05, 0.1) is 0 Å². The Kier molecular flexibility index (Phi) is 5.49. The highest BCUT2D eigenvalue weighted by Crippen LogP contribution is 2.27. The largest absolute Gasteiger partial charge is 0.299 e. The first-order chi connectivity index (χ1) is 8.68. The average molecular weight is 377 g/mol. The van der Waals surface area contributed by atoms with Crippen molar-refractivity contribution in [3.8, 4) is 0 Å². The number of rotatable bonds is 4. The van der Waals surface area contributed by atoms with E-state index in [2.05, 4.69) is 22.6 Å². The van der Waals surface area contributed by atoms with Crippen LogP contribution >= 0.6 is 34.2 Å². The summed E-state index contributed by atoms with van der Waals surface area (Å²) in [5, 5.41) is 0.790. The van der Waals surface area contributed by atoms with Crippen LogP contribution in [0.2, 0.25) is 5.02 Å². The van der Waals surface area contributed by atoms with Crippen molar-refractivity contribution < 1.29 is 4.79 Å². The molecule has 0 heterocycles.